The van der Waals surface area contributed by atoms with Crippen LogP contribution in [0.25, 0.3) is 0 Å². The standard InChI is InChI=1S/C28H26F6N2O2/c1-26(2,20-9-12-24(35-16-20)28(32,33)34)15-18-14-23(17-5-4-6-22(13-17)38-3)36(25(18)37)21-10-7-19(8-11-21)27(29,30)31/h4-13,16,18,23H,14-15H2,1-3H3/t18-,23-/m1/s1. The first-order valence-corrected chi connectivity index (χ1v) is 11.9. The second-order valence-corrected chi connectivity index (χ2v) is 10.00. The quantitative estimate of drug-likeness (QED) is 0.305. The predicted octanol–water partition coefficient (Wildman–Crippen LogP) is 7.59. The van der Waals surface area contributed by atoms with Gasteiger partial charge >= 0.3 is 12.4 Å². The summed E-state index contributed by atoms with van der Waals surface area (Å²) in [7, 11) is 1.51. The van der Waals surface area contributed by atoms with Gasteiger partial charge in [0.15, 0.2) is 0 Å². The molecule has 4 rings (SSSR count). The minimum atomic E-state index is -4.56. The zero-order chi connectivity index (χ0) is 27.9. The van der Waals surface area contributed by atoms with Crippen molar-refractivity contribution in [3.8, 4) is 5.75 Å². The Morgan fingerprint density at radius 1 is 0.921 bits per heavy atom. The zero-order valence-electron chi connectivity index (χ0n) is 20.9. The highest BCUT2D eigenvalue weighted by Gasteiger charge is 2.44. The maximum Gasteiger partial charge on any atom is 0.433 e. The van der Waals surface area contributed by atoms with E-state index >= 15 is 0 Å². The van der Waals surface area contributed by atoms with Crippen LogP contribution in [-0.4, -0.2) is 18.0 Å². The number of carbonyl (C=O) groups excluding carboxylic acids is 1. The van der Waals surface area contributed by atoms with Gasteiger partial charge in [-0.15, -0.1) is 0 Å². The lowest BCUT2D eigenvalue weighted by molar-refractivity contribution is -0.141. The van der Waals surface area contributed by atoms with Gasteiger partial charge in [-0.25, -0.2) is 0 Å². The van der Waals surface area contributed by atoms with E-state index in [0.717, 1.165) is 23.8 Å². The smallest absolute Gasteiger partial charge is 0.433 e. The number of rotatable bonds is 6. The zero-order valence-corrected chi connectivity index (χ0v) is 20.9. The largest absolute Gasteiger partial charge is 0.497 e. The summed E-state index contributed by atoms with van der Waals surface area (Å²) in [6, 6.07) is 13.4. The molecule has 1 saturated heterocycles. The Labute approximate surface area is 216 Å². The van der Waals surface area contributed by atoms with Gasteiger partial charge in [-0.3, -0.25) is 9.78 Å². The maximum absolute atomic E-state index is 13.7. The van der Waals surface area contributed by atoms with E-state index in [1.165, 1.54) is 36.4 Å². The highest BCUT2D eigenvalue weighted by molar-refractivity contribution is 5.98. The van der Waals surface area contributed by atoms with Crippen LogP contribution in [0.5, 0.6) is 5.75 Å². The number of benzene rings is 2. The third-order valence-corrected chi connectivity index (χ3v) is 6.95. The van der Waals surface area contributed by atoms with E-state index in [4.69, 9.17) is 4.74 Å². The number of hydrogen-bond acceptors (Lipinski definition) is 3. The van der Waals surface area contributed by atoms with E-state index in [9.17, 15) is 31.1 Å². The molecule has 2 heterocycles. The molecule has 0 N–H and O–H groups in total. The Morgan fingerprint density at radius 2 is 1.58 bits per heavy atom. The SMILES string of the molecule is COc1cccc([C@H]2C[C@H](CC(C)(C)c3ccc(C(F)(F)F)nc3)C(=O)N2c2ccc(C(F)(F)F)cc2)c1. The van der Waals surface area contributed by atoms with Crippen molar-refractivity contribution in [1.29, 1.82) is 0 Å². The van der Waals surface area contributed by atoms with Gasteiger partial charge in [0.1, 0.15) is 11.4 Å². The second-order valence-electron chi connectivity index (χ2n) is 10.00. The molecule has 1 amide bonds. The van der Waals surface area contributed by atoms with Gasteiger partial charge in [-0.2, -0.15) is 26.3 Å². The van der Waals surface area contributed by atoms with Crippen molar-refractivity contribution in [1.82, 2.24) is 4.98 Å². The lowest BCUT2D eigenvalue weighted by Crippen LogP contribution is -2.31. The number of alkyl halides is 6. The molecule has 202 valence electrons. The number of amides is 1. The minimum absolute atomic E-state index is 0.273. The first kappa shape index (κ1) is 27.5. The second kappa shape index (κ2) is 9.96. The molecule has 3 aromatic rings. The highest BCUT2D eigenvalue weighted by Crippen LogP contribution is 2.45. The summed E-state index contributed by atoms with van der Waals surface area (Å²) in [5, 5.41) is 0. The summed E-state index contributed by atoms with van der Waals surface area (Å²) in [4.78, 5) is 18.8. The molecule has 1 fully saturated rings. The average Bonchev–Trinajstić information content (AvgIpc) is 3.18. The van der Waals surface area contributed by atoms with Gasteiger partial charge in [0.2, 0.25) is 5.91 Å². The van der Waals surface area contributed by atoms with Crippen LogP contribution in [0.1, 0.15) is 55.1 Å². The van der Waals surface area contributed by atoms with E-state index in [1.807, 2.05) is 19.9 Å². The molecular weight excluding hydrogens is 510 g/mol. The van der Waals surface area contributed by atoms with Crippen molar-refractivity contribution in [3.05, 3.63) is 89.2 Å². The van der Waals surface area contributed by atoms with Crippen LogP contribution in [0.4, 0.5) is 32.0 Å². The van der Waals surface area contributed by atoms with Crippen LogP contribution in [-0.2, 0) is 22.6 Å². The Bertz CT molecular complexity index is 1280. The number of methoxy groups -OCH3 is 1. The molecule has 0 unspecified atom stereocenters. The molecule has 38 heavy (non-hydrogen) atoms. The number of ether oxygens (including phenoxy) is 1. The van der Waals surface area contributed by atoms with Crippen molar-refractivity contribution >= 4 is 11.6 Å². The summed E-state index contributed by atoms with van der Waals surface area (Å²) < 4.78 is 83.6. The number of nitrogens with zero attached hydrogens (tertiary/aromatic N) is 2. The number of aromatic nitrogens is 1. The molecule has 0 saturated carbocycles. The first-order valence-electron chi connectivity index (χ1n) is 11.9. The van der Waals surface area contributed by atoms with Gasteiger partial charge < -0.3 is 9.64 Å². The summed E-state index contributed by atoms with van der Waals surface area (Å²) in [6.45, 7) is 3.65. The van der Waals surface area contributed by atoms with Crippen molar-refractivity contribution in [3.63, 3.8) is 0 Å². The third kappa shape index (κ3) is 5.63. The van der Waals surface area contributed by atoms with Crippen LogP contribution < -0.4 is 9.64 Å². The highest BCUT2D eigenvalue weighted by atomic mass is 19.4. The molecule has 1 aliphatic rings. The molecule has 10 heteroatoms. The number of hydrogen-bond donors (Lipinski definition) is 0. The molecule has 2 atom stereocenters. The molecule has 1 aromatic heterocycles. The number of halogens is 6. The monoisotopic (exact) mass is 536 g/mol. The fourth-order valence-electron chi connectivity index (χ4n) is 4.94. The Kier molecular flexibility index (Phi) is 7.20. The van der Waals surface area contributed by atoms with E-state index in [0.29, 0.717) is 29.8 Å². The van der Waals surface area contributed by atoms with Crippen LogP contribution in [0.2, 0.25) is 0 Å². The summed E-state index contributed by atoms with van der Waals surface area (Å²) in [6.07, 6.45) is -7.23. The van der Waals surface area contributed by atoms with Gasteiger partial charge in [0, 0.05) is 17.8 Å². The van der Waals surface area contributed by atoms with Crippen LogP contribution in [0.15, 0.2) is 66.9 Å². The van der Waals surface area contributed by atoms with E-state index in [1.54, 1.807) is 18.2 Å². The van der Waals surface area contributed by atoms with Crippen molar-refractivity contribution in [2.45, 2.75) is 50.5 Å². The average molecular weight is 537 g/mol. The van der Waals surface area contributed by atoms with Crippen molar-refractivity contribution in [2.24, 2.45) is 5.92 Å². The third-order valence-electron chi connectivity index (χ3n) is 6.95. The van der Waals surface area contributed by atoms with Gasteiger partial charge in [0.05, 0.1) is 18.7 Å². The summed E-state index contributed by atoms with van der Waals surface area (Å²) in [5.74, 6) is -0.238. The van der Waals surface area contributed by atoms with Crippen LogP contribution in [0, 0.1) is 5.92 Å². The first-order chi connectivity index (χ1) is 17.7. The normalized spacial score (nSPS) is 18.7. The topological polar surface area (TPSA) is 42.4 Å². The van der Waals surface area contributed by atoms with Crippen molar-refractivity contribution in [2.75, 3.05) is 12.0 Å². The maximum atomic E-state index is 13.7. The molecule has 0 radical (unpaired) electrons. The molecule has 0 aliphatic carbocycles. The van der Waals surface area contributed by atoms with Gasteiger partial charge in [0.25, 0.3) is 0 Å². The molecule has 2 aromatic carbocycles. The fraction of sp³-hybridized carbons (Fsp3) is 0.357. The molecule has 1 aliphatic heterocycles. The number of carbonyl (C=O) groups is 1. The Morgan fingerprint density at radius 3 is 2.13 bits per heavy atom. The molecular formula is C28H26F6N2O2. The lowest BCUT2D eigenvalue weighted by atomic mass is 9.76. The lowest BCUT2D eigenvalue weighted by Gasteiger charge is -2.28. The predicted molar refractivity (Wildman–Crippen MR) is 130 cm³/mol. The van der Waals surface area contributed by atoms with E-state index in [2.05, 4.69) is 4.98 Å². The minimum Gasteiger partial charge on any atom is -0.497 e. The molecule has 0 bridgehead atoms. The van der Waals surface area contributed by atoms with Crippen molar-refractivity contribution < 1.29 is 35.9 Å². The van der Waals surface area contributed by atoms with Crippen LogP contribution >= 0.6 is 0 Å². The van der Waals surface area contributed by atoms with E-state index in [-0.39, 0.29) is 5.91 Å². The summed E-state index contributed by atoms with van der Waals surface area (Å²) >= 11 is 0. The Hall–Kier alpha value is -3.56. The van der Waals surface area contributed by atoms with E-state index < -0.39 is 41.0 Å². The molecule has 4 nitrogen and oxygen atoms in total. The van der Waals surface area contributed by atoms with Crippen LogP contribution in [0.3, 0.4) is 0 Å². The Balaban J connectivity index is 1.66. The molecule has 0 spiro atoms. The fourth-order valence-corrected chi connectivity index (χ4v) is 4.94. The van der Waals surface area contributed by atoms with Gasteiger partial charge in [-0.05, 0) is 71.8 Å². The van der Waals surface area contributed by atoms with Gasteiger partial charge in [-0.1, -0.05) is 32.0 Å². The number of pyridine rings is 1. The summed E-state index contributed by atoms with van der Waals surface area (Å²) in [5.41, 5.74) is -0.892. The number of anilines is 1.